The highest BCUT2D eigenvalue weighted by atomic mass is 15.2. The van der Waals surface area contributed by atoms with Gasteiger partial charge in [-0.2, -0.15) is 0 Å². The third kappa shape index (κ3) is 8.93. The summed E-state index contributed by atoms with van der Waals surface area (Å²) in [6, 6.07) is 0.591. The maximum Gasteiger partial charge on any atom is 0.0218 e. The van der Waals surface area contributed by atoms with Crippen LogP contribution >= 0.6 is 0 Å². The molecule has 0 spiro atoms. The molecule has 1 unspecified atom stereocenters. The fourth-order valence-electron chi connectivity index (χ4n) is 2.89. The number of likely N-dealkylation sites (N-methyl/N-ethyl adjacent to an activating group) is 1. The van der Waals surface area contributed by atoms with Gasteiger partial charge in [-0.05, 0) is 45.6 Å². The SMILES string of the molecule is CCCCCCC(CN)N(CC)CCCN(CC)CC. The Morgan fingerprint density at radius 2 is 1.50 bits per heavy atom. The fourth-order valence-corrected chi connectivity index (χ4v) is 2.89. The minimum absolute atomic E-state index is 0.591. The van der Waals surface area contributed by atoms with Crippen molar-refractivity contribution < 1.29 is 0 Å². The molecule has 0 rings (SSSR count). The predicted octanol–water partition coefficient (Wildman–Crippen LogP) is 3.34. The summed E-state index contributed by atoms with van der Waals surface area (Å²) < 4.78 is 0. The number of nitrogens with two attached hydrogens (primary N) is 1. The lowest BCUT2D eigenvalue weighted by Crippen LogP contribution is -2.42. The lowest BCUT2D eigenvalue weighted by molar-refractivity contribution is 0.181. The van der Waals surface area contributed by atoms with Gasteiger partial charge >= 0.3 is 0 Å². The summed E-state index contributed by atoms with van der Waals surface area (Å²) in [6.07, 6.45) is 7.92. The summed E-state index contributed by atoms with van der Waals surface area (Å²) in [6.45, 7) is 15.7. The van der Waals surface area contributed by atoms with Crippen molar-refractivity contribution >= 4 is 0 Å². The Hall–Kier alpha value is -0.120. The summed E-state index contributed by atoms with van der Waals surface area (Å²) in [5, 5.41) is 0. The predicted molar refractivity (Wildman–Crippen MR) is 91.3 cm³/mol. The maximum atomic E-state index is 6.00. The molecule has 2 N–H and O–H groups in total. The fraction of sp³-hybridized carbons (Fsp3) is 1.00. The van der Waals surface area contributed by atoms with Gasteiger partial charge in [0.05, 0.1) is 0 Å². The minimum Gasteiger partial charge on any atom is -0.329 e. The molecule has 0 aromatic heterocycles. The first-order valence-electron chi connectivity index (χ1n) is 8.89. The van der Waals surface area contributed by atoms with Crippen LogP contribution in [0.1, 0.15) is 66.2 Å². The van der Waals surface area contributed by atoms with Crippen molar-refractivity contribution in [2.75, 3.05) is 39.3 Å². The Bertz CT molecular complexity index is 193. The van der Waals surface area contributed by atoms with Gasteiger partial charge in [-0.25, -0.2) is 0 Å². The van der Waals surface area contributed by atoms with Crippen LogP contribution in [0.15, 0.2) is 0 Å². The van der Waals surface area contributed by atoms with E-state index in [1.807, 2.05) is 0 Å². The number of hydrogen-bond donors (Lipinski definition) is 1. The maximum absolute atomic E-state index is 6.00. The van der Waals surface area contributed by atoms with Crippen molar-refractivity contribution in [1.29, 1.82) is 0 Å². The Kier molecular flexibility index (Phi) is 13.8. The second-order valence-electron chi connectivity index (χ2n) is 5.75. The number of hydrogen-bond acceptors (Lipinski definition) is 3. The van der Waals surface area contributed by atoms with Gasteiger partial charge in [0.15, 0.2) is 0 Å². The molecule has 0 aromatic carbocycles. The van der Waals surface area contributed by atoms with E-state index >= 15 is 0 Å². The van der Waals surface area contributed by atoms with Gasteiger partial charge in [-0.15, -0.1) is 0 Å². The van der Waals surface area contributed by atoms with E-state index in [1.165, 1.54) is 64.7 Å². The Labute approximate surface area is 127 Å². The summed E-state index contributed by atoms with van der Waals surface area (Å²) in [4.78, 5) is 5.10. The zero-order valence-corrected chi connectivity index (χ0v) is 14.5. The quantitative estimate of drug-likeness (QED) is 0.497. The van der Waals surface area contributed by atoms with Crippen LogP contribution in [-0.2, 0) is 0 Å². The van der Waals surface area contributed by atoms with Gasteiger partial charge in [0.1, 0.15) is 0 Å². The molecular formula is C17H39N3. The zero-order chi connectivity index (χ0) is 15.2. The average Bonchev–Trinajstić information content (AvgIpc) is 2.49. The van der Waals surface area contributed by atoms with Crippen molar-refractivity contribution in [1.82, 2.24) is 9.80 Å². The van der Waals surface area contributed by atoms with Crippen molar-refractivity contribution in [3.05, 3.63) is 0 Å². The summed E-state index contributed by atoms with van der Waals surface area (Å²) in [5.41, 5.74) is 6.00. The van der Waals surface area contributed by atoms with Crippen molar-refractivity contribution in [2.45, 2.75) is 72.3 Å². The van der Waals surface area contributed by atoms with Crippen LogP contribution < -0.4 is 5.73 Å². The average molecular weight is 286 g/mol. The molecule has 0 saturated carbocycles. The third-order valence-electron chi connectivity index (χ3n) is 4.40. The van der Waals surface area contributed by atoms with E-state index in [1.54, 1.807) is 0 Å². The first kappa shape index (κ1) is 19.9. The largest absolute Gasteiger partial charge is 0.329 e. The molecule has 20 heavy (non-hydrogen) atoms. The highest BCUT2D eigenvalue weighted by Gasteiger charge is 2.15. The van der Waals surface area contributed by atoms with Crippen LogP contribution in [0.4, 0.5) is 0 Å². The monoisotopic (exact) mass is 285 g/mol. The van der Waals surface area contributed by atoms with E-state index in [0.29, 0.717) is 6.04 Å². The molecule has 3 heteroatoms. The Morgan fingerprint density at radius 3 is 2.00 bits per heavy atom. The molecule has 0 aliphatic rings. The van der Waals surface area contributed by atoms with Crippen molar-refractivity contribution in [3.63, 3.8) is 0 Å². The van der Waals surface area contributed by atoms with Crippen LogP contribution in [0, 0.1) is 0 Å². The van der Waals surface area contributed by atoms with Crippen LogP contribution in [0.25, 0.3) is 0 Å². The lowest BCUT2D eigenvalue weighted by atomic mass is 10.1. The molecule has 0 saturated heterocycles. The minimum atomic E-state index is 0.591. The van der Waals surface area contributed by atoms with Gasteiger partial charge in [0.25, 0.3) is 0 Å². The molecule has 0 fully saturated rings. The molecule has 1 atom stereocenters. The summed E-state index contributed by atoms with van der Waals surface area (Å²) in [7, 11) is 0. The highest BCUT2D eigenvalue weighted by Crippen LogP contribution is 2.11. The first-order chi connectivity index (χ1) is 9.73. The number of rotatable bonds is 14. The molecule has 0 amide bonds. The second-order valence-corrected chi connectivity index (χ2v) is 5.75. The molecular weight excluding hydrogens is 246 g/mol. The standard InChI is InChI=1S/C17H39N3/c1-5-9-10-11-13-17(16-18)20(8-4)15-12-14-19(6-2)7-3/h17H,5-16,18H2,1-4H3. The summed E-state index contributed by atoms with van der Waals surface area (Å²) >= 11 is 0. The molecule has 0 aromatic rings. The molecule has 0 aliphatic heterocycles. The summed E-state index contributed by atoms with van der Waals surface area (Å²) in [5.74, 6) is 0. The van der Waals surface area contributed by atoms with E-state index in [4.69, 9.17) is 5.73 Å². The van der Waals surface area contributed by atoms with E-state index in [0.717, 1.165) is 13.1 Å². The van der Waals surface area contributed by atoms with Crippen LogP contribution in [0.5, 0.6) is 0 Å². The van der Waals surface area contributed by atoms with Crippen molar-refractivity contribution in [2.24, 2.45) is 5.73 Å². The smallest absolute Gasteiger partial charge is 0.0218 e. The van der Waals surface area contributed by atoms with Gasteiger partial charge in [-0.3, -0.25) is 4.90 Å². The van der Waals surface area contributed by atoms with Gasteiger partial charge in [0.2, 0.25) is 0 Å². The van der Waals surface area contributed by atoms with E-state index in [-0.39, 0.29) is 0 Å². The molecule has 0 radical (unpaired) electrons. The number of unbranched alkanes of at least 4 members (excludes halogenated alkanes) is 3. The third-order valence-corrected chi connectivity index (χ3v) is 4.40. The molecule has 0 heterocycles. The zero-order valence-electron chi connectivity index (χ0n) is 14.5. The first-order valence-corrected chi connectivity index (χ1v) is 8.89. The molecule has 0 aliphatic carbocycles. The van der Waals surface area contributed by atoms with Gasteiger partial charge in [-0.1, -0.05) is 53.4 Å². The molecule has 3 nitrogen and oxygen atoms in total. The lowest BCUT2D eigenvalue weighted by Gasteiger charge is -2.30. The Morgan fingerprint density at radius 1 is 0.800 bits per heavy atom. The molecule has 0 bridgehead atoms. The second kappa shape index (κ2) is 13.8. The Balaban J connectivity index is 3.99. The topological polar surface area (TPSA) is 32.5 Å². The van der Waals surface area contributed by atoms with Gasteiger partial charge < -0.3 is 10.6 Å². The van der Waals surface area contributed by atoms with E-state index in [2.05, 4.69) is 37.5 Å². The van der Waals surface area contributed by atoms with Gasteiger partial charge in [0, 0.05) is 12.6 Å². The highest BCUT2D eigenvalue weighted by molar-refractivity contribution is 4.72. The van der Waals surface area contributed by atoms with E-state index in [9.17, 15) is 0 Å². The van der Waals surface area contributed by atoms with Crippen LogP contribution in [0.3, 0.4) is 0 Å². The van der Waals surface area contributed by atoms with Crippen LogP contribution in [0.2, 0.25) is 0 Å². The normalized spacial score (nSPS) is 13.3. The number of nitrogens with zero attached hydrogens (tertiary/aromatic N) is 2. The molecule has 122 valence electrons. The van der Waals surface area contributed by atoms with Crippen molar-refractivity contribution in [3.8, 4) is 0 Å². The van der Waals surface area contributed by atoms with Crippen LogP contribution in [-0.4, -0.2) is 55.1 Å². The van der Waals surface area contributed by atoms with E-state index < -0.39 is 0 Å².